The van der Waals surface area contributed by atoms with E-state index in [1.807, 2.05) is 20.8 Å². The van der Waals surface area contributed by atoms with Crippen LogP contribution in [0.15, 0.2) is 0 Å². The Kier molecular flexibility index (Phi) is 3.30. The van der Waals surface area contributed by atoms with Crippen molar-refractivity contribution in [3.05, 3.63) is 0 Å². The van der Waals surface area contributed by atoms with Crippen LogP contribution in [0.4, 0.5) is 0 Å². The predicted molar refractivity (Wildman–Crippen MR) is 56.0 cm³/mol. The molecule has 0 atom stereocenters. The maximum Gasteiger partial charge on any atom is 0.206 e. The van der Waals surface area contributed by atoms with Crippen LogP contribution in [0.2, 0.25) is 0 Å². The average molecular weight is 210 g/mol. The first-order chi connectivity index (χ1) is 4.96. The molecular weight excluding hydrogens is 192 g/mol. The summed E-state index contributed by atoms with van der Waals surface area (Å²) < 4.78 is 22.4. The van der Waals surface area contributed by atoms with Gasteiger partial charge in [0, 0.05) is 4.75 Å². The maximum absolute atomic E-state index is 11.6. The van der Waals surface area contributed by atoms with Gasteiger partial charge in [-0.15, -0.1) is 0 Å². The molecule has 74 valence electrons. The lowest BCUT2D eigenvalue weighted by Gasteiger charge is -2.24. The molecular formula is C8H18O2S2. The van der Waals surface area contributed by atoms with Gasteiger partial charge in [-0.3, -0.25) is 0 Å². The van der Waals surface area contributed by atoms with E-state index in [1.54, 1.807) is 20.8 Å². The minimum atomic E-state index is -3.04. The van der Waals surface area contributed by atoms with Gasteiger partial charge in [0.25, 0.3) is 0 Å². The summed E-state index contributed by atoms with van der Waals surface area (Å²) in [5.41, 5.74) is 0. The van der Waals surface area contributed by atoms with Crippen molar-refractivity contribution in [1.29, 1.82) is 0 Å². The van der Waals surface area contributed by atoms with Crippen LogP contribution >= 0.6 is 10.8 Å². The molecule has 0 saturated carbocycles. The van der Waals surface area contributed by atoms with Crippen LogP contribution in [-0.2, 0) is 8.87 Å². The van der Waals surface area contributed by atoms with Gasteiger partial charge < -0.3 is 0 Å². The van der Waals surface area contributed by atoms with Crippen molar-refractivity contribution in [2.75, 3.05) is 0 Å². The second-order valence-electron chi connectivity index (χ2n) is 4.76. The molecule has 0 aliphatic rings. The van der Waals surface area contributed by atoms with E-state index in [-0.39, 0.29) is 4.75 Å². The Hall–Kier alpha value is 0.300. The van der Waals surface area contributed by atoms with Gasteiger partial charge in [-0.25, -0.2) is 8.42 Å². The number of hydrogen-bond acceptors (Lipinski definition) is 3. The molecule has 4 heteroatoms. The normalized spacial score (nSPS) is 14.8. The summed E-state index contributed by atoms with van der Waals surface area (Å²) in [6.07, 6.45) is 0. The molecule has 0 spiro atoms. The lowest BCUT2D eigenvalue weighted by molar-refractivity contribution is 0.576. The van der Waals surface area contributed by atoms with Crippen LogP contribution in [0.3, 0.4) is 0 Å². The van der Waals surface area contributed by atoms with E-state index < -0.39 is 13.6 Å². The maximum atomic E-state index is 11.6. The molecule has 0 unspecified atom stereocenters. The van der Waals surface area contributed by atoms with Crippen LogP contribution < -0.4 is 0 Å². The minimum Gasteiger partial charge on any atom is -0.217 e. The minimum absolute atomic E-state index is 0.230. The monoisotopic (exact) mass is 210 g/mol. The molecule has 0 radical (unpaired) electrons. The lowest BCUT2D eigenvalue weighted by atomic mass is 10.3. The van der Waals surface area contributed by atoms with Crippen molar-refractivity contribution in [3.63, 3.8) is 0 Å². The van der Waals surface area contributed by atoms with E-state index in [9.17, 15) is 8.42 Å². The molecule has 12 heavy (non-hydrogen) atoms. The van der Waals surface area contributed by atoms with Gasteiger partial charge in [0.05, 0.1) is 4.75 Å². The molecule has 0 aromatic heterocycles. The molecule has 0 aliphatic carbocycles. The zero-order valence-corrected chi connectivity index (χ0v) is 10.3. The fourth-order valence-corrected chi connectivity index (χ4v) is 4.09. The van der Waals surface area contributed by atoms with Crippen LogP contribution in [0, 0.1) is 0 Å². The van der Waals surface area contributed by atoms with Crippen LogP contribution in [0.25, 0.3) is 0 Å². The lowest BCUT2D eigenvalue weighted by Crippen LogP contribution is -2.28. The Labute approximate surface area is 79.4 Å². The SMILES string of the molecule is CC(C)(C)SS(=O)(=O)C(C)(C)C. The Bertz CT molecular complexity index is 239. The Morgan fingerprint density at radius 1 is 0.917 bits per heavy atom. The molecule has 0 aliphatic heterocycles. The highest BCUT2D eigenvalue weighted by Gasteiger charge is 2.33. The molecule has 0 N–H and O–H groups in total. The topological polar surface area (TPSA) is 34.1 Å². The molecule has 0 saturated heterocycles. The molecule has 2 nitrogen and oxygen atoms in total. The third kappa shape index (κ3) is 3.81. The summed E-state index contributed by atoms with van der Waals surface area (Å²) >= 11 is 0. The first-order valence-electron chi connectivity index (χ1n) is 3.91. The van der Waals surface area contributed by atoms with Gasteiger partial charge >= 0.3 is 0 Å². The van der Waals surface area contributed by atoms with Gasteiger partial charge in [0.15, 0.2) is 0 Å². The third-order valence-electron chi connectivity index (χ3n) is 1.11. The first kappa shape index (κ1) is 12.3. The van der Waals surface area contributed by atoms with Gasteiger partial charge in [0.1, 0.15) is 0 Å². The molecule has 0 heterocycles. The second-order valence-corrected chi connectivity index (χ2v) is 10.1. The highest BCUT2D eigenvalue weighted by molar-refractivity contribution is 8.72. The number of hydrogen-bond donors (Lipinski definition) is 0. The van der Waals surface area contributed by atoms with Crippen molar-refractivity contribution in [2.45, 2.75) is 51.0 Å². The number of rotatable bonds is 1. The summed E-state index contributed by atoms with van der Waals surface area (Å²) in [7, 11) is -2.00. The second kappa shape index (κ2) is 3.22. The summed E-state index contributed by atoms with van der Waals surface area (Å²) in [5.74, 6) is 0. The van der Waals surface area contributed by atoms with Crippen molar-refractivity contribution in [2.24, 2.45) is 0 Å². The van der Waals surface area contributed by atoms with E-state index >= 15 is 0 Å². The fourth-order valence-electron chi connectivity index (χ4n) is 0.454. The van der Waals surface area contributed by atoms with Crippen LogP contribution in [-0.4, -0.2) is 17.9 Å². The quantitative estimate of drug-likeness (QED) is 0.624. The zero-order chi connectivity index (χ0) is 10.2. The van der Waals surface area contributed by atoms with Gasteiger partial charge in [-0.2, -0.15) is 0 Å². The van der Waals surface area contributed by atoms with E-state index in [2.05, 4.69) is 0 Å². The van der Waals surface area contributed by atoms with E-state index in [1.165, 1.54) is 0 Å². The van der Waals surface area contributed by atoms with Gasteiger partial charge in [-0.05, 0) is 52.3 Å². The predicted octanol–water partition coefficient (Wildman–Crippen LogP) is 2.65. The molecule has 0 fully saturated rings. The largest absolute Gasteiger partial charge is 0.217 e. The van der Waals surface area contributed by atoms with E-state index in [0.29, 0.717) is 0 Å². The molecule has 0 rings (SSSR count). The van der Waals surface area contributed by atoms with Gasteiger partial charge in [0.2, 0.25) is 8.87 Å². The zero-order valence-electron chi connectivity index (χ0n) is 8.63. The van der Waals surface area contributed by atoms with Gasteiger partial charge in [-0.1, -0.05) is 0 Å². The molecule has 0 amide bonds. The van der Waals surface area contributed by atoms with Crippen molar-refractivity contribution in [1.82, 2.24) is 0 Å². The van der Waals surface area contributed by atoms with Crippen molar-refractivity contribution < 1.29 is 8.42 Å². The van der Waals surface area contributed by atoms with Crippen LogP contribution in [0.5, 0.6) is 0 Å². The Morgan fingerprint density at radius 3 is 1.33 bits per heavy atom. The molecule has 0 aromatic rings. The summed E-state index contributed by atoms with van der Waals surface area (Å²) in [6, 6.07) is 0. The van der Waals surface area contributed by atoms with Crippen LogP contribution in [0.1, 0.15) is 41.5 Å². The third-order valence-corrected chi connectivity index (χ3v) is 6.99. The molecule has 0 bridgehead atoms. The molecule has 0 aromatic carbocycles. The summed E-state index contributed by atoms with van der Waals surface area (Å²) in [6.45, 7) is 10.9. The van der Waals surface area contributed by atoms with Crippen molar-refractivity contribution in [3.8, 4) is 0 Å². The highest BCUT2D eigenvalue weighted by Crippen LogP contribution is 2.36. The van der Waals surface area contributed by atoms with E-state index in [4.69, 9.17) is 0 Å². The standard InChI is InChI=1S/C8H18O2S2/c1-7(2,3)11-12(9,10)8(4,5)6/h1-6H3. The fraction of sp³-hybridized carbons (Fsp3) is 1.00. The Balaban J connectivity index is 4.70. The Morgan fingerprint density at radius 2 is 1.25 bits per heavy atom. The van der Waals surface area contributed by atoms with Crippen molar-refractivity contribution >= 4 is 19.7 Å². The summed E-state index contributed by atoms with van der Waals surface area (Å²) in [4.78, 5) is 0. The summed E-state index contributed by atoms with van der Waals surface area (Å²) in [5, 5.41) is 0. The highest BCUT2D eigenvalue weighted by atomic mass is 33.1. The average Bonchev–Trinajstić information content (AvgIpc) is 1.52. The van der Waals surface area contributed by atoms with E-state index in [0.717, 1.165) is 10.8 Å². The smallest absolute Gasteiger partial charge is 0.206 e. The first-order valence-corrected chi connectivity index (χ1v) is 6.72.